The number of benzene rings is 2. The first-order valence-corrected chi connectivity index (χ1v) is 8.55. The molecule has 0 fully saturated rings. The second kappa shape index (κ2) is 9.20. The molecule has 4 nitrogen and oxygen atoms in total. The molecular weight excluding hydrogens is 423 g/mol. The number of aliphatic imine (C=N–C) groups is 1. The Hall–Kier alpha value is -1.60. The molecule has 5 heteroatoms. The minimum absolute atomic E-state index is 0. The van der Waals surface area contributed by atoms with E-state index in [1.165, 1.54) is 22.3 Å². The molecule has 2 aromatic carbocycles. The maximum absolute atomic E-state index is 6.01. The molecule has 1 aliphatic rings. The van der Waals surface area contributed by atoms with Crippen LogP contribution in [0.1, 0.15) is 22.3 Å². The lowest BCUT2D eigenvalue weighted by Crippen LogP contribution is -2.33. The van der Waals surface area contributed by atoms with Crippen molar-refractivity contribution >= 4 is 35.6 Å². The van der Waals surface area contributed by atoms with Crippen molar-refractivity contribution in [2.75, 3.05) is 25.0 Å². The van der Waals surface area contributed by atoms with E-state index in [-0.39, 0.29) is 24.0 Å². The predicted octanol–water partition coefficient (Wildman–Crippen LogP) is 3.71. The van der Waals surface area contributed by atoms with E-state index in [1.807, 2.05) is 6.07 Å². The van der Waals surface area contributed by atoms with Gasteiger partial charge in [-0.05, 0) is 54.7 Å². The molecule has 1 aliphatic heterocycles. The summed E-state index contributed by atoms with van der Waals surface area (Å²) < 4.78 is 0. The maximum Gasteiger partial charge on any atom is 0.193 e. The Bertz CT molecular complexity index is 742. The summed E-state index contributed by atoms with van der Waals surface area (Å²) in [5.41, 5.74) is 12.4. The van der Waals surface area contributed by atoms with E-state index in [0.29, 0.717) is 12.5 Å². The Kier molecular flexibility index (Phi) is 7.25. The van der Waals surface area contributed by atoms with Crippen LogP contribution in [0.25, 0.3) is 0 Å². The number of halogens is 1. The molecular formula is C20H27IN4. The van der Waals surface area contributed by atoms with Crippen molar-refractivity contribution in [3.63, 3.8) is 0 Å². The van der Waals surface area contributed by atoms with Gasteiger partial charge in [0, 0.05) is 25.3 Å². The summed E-state index contributed by atoms with van der Waals surface area (Å²) in [5.74, 6) is 0.482. The van der Waals surface area contributed by atoms with E-state index in [4.69, 9.17) is 5.73 Å². The van der Waals surface area contributed by atoms with E-state index in [2.05, 4.69) is 65.5 Å². The van der Waals surface area contributed by atoms with Gasteiger partial charge in [0.2, 0.25) is 0 Å². The first kappa shape index (κ1) is 19.7. The van der Waals surface area contributed by atoms with Gasteiger partial charge in [0.05, 0.1) is 6.54 Å². The van der Waals surface area contributed by atoms with Gasteiger partial charge in [-0.2, -0.15) is 0 Å². The fourth-order valence-electron chi connectivity index (χ4n) is 3.06. The quantitative estimate of drug-likeness (QED) is 0.424. The standard InChI is InChI=1S/C20H26N4.HI/c1-15-7-8-19(13-16(15)2)23-20(21)22-10-12-24-11-9-17-5-3-4-6-18(17)14-24;/h3-8,13H,9-12,14H2,1-2H3,(H3,21,22,23);1H. The van der Waals surface area contributed by atoms with Crippen molar-refractivity contribution in [1.29, 1.82) is 0 Å². The van der Waals surface area contributed by atoms with Gasteiger partial charge in [-0.15, -0.1) is 24.0 Å². The van der Waals surface area contributed by atoms with Gasteiger partial charge in [0.1, 0.15) is 0 Å². The lowest BCUT2D eigenvalue weighted by atomic mass is 10.0. The summed E-state index contributed by atoms with van der Waals surface area (Å²) >= 11 is 0. The van der Waals surface area contributed by atoms with Gasteiger partial charge >= 0.3 is 0 Å². The van der Waals surface area contributed by atoms with E-state index in [1.54, 1.807) is 0 Å². The number of nitrogens with zero attached hydrogens (tertiary/aromatic N) is 2. The number of rotatable bonds is 4. The smallest absolute Gasteiger partial charge is 0.193 e. The molecule has 0 amide bonds. The fraction of sp³-hybridized carbons (Fsp3) is 0.350. The number of aryl methyl sites for hydroxylation is 2. The van der Waals surface area contributed by atoms with E-state index in [0.717, 1.165) is 31.7 Å². The highest BCUT2D eigenvalue weighted by Crippen LogP contribution is 2.18. The third kappa shape index (κ3) is 5.44. The topological polar surface area (TPSA) is 53.6 Å². The molecule has 0 saturated heterocycles. The summed E-state index contributed by atoms with van der Waals surface area (Å²) in [5, 5.41) is 3.17. The van der Waals surface area contributed by atoms with Crippen molar-refractivity contribution in [2.45, 2.75) is 26.8 Å². The van der Waals surface area contributed by atoms with Gasteiger partial charge in [-0.1, -0.05) is 30.3 Å². The Morgan fingerprint density at radius 1 is 1.12 bits per heavy atom. The fourth-order valence-corrected chi connectivity index (χ4v) is 3.06. The largest absolute Gasteiger partial charge is 0.370 e. The average molecular weight is 450 g/mol. The number of hydrogen-bond donors (Lipinski definition) is 2. The van der Waals surface area contributed by atoms with E-state index in [9.17, 15) is 0 Å². The van der Waals surface area contributed by atoms with Gasteiger partial charge in [-0.25, -0.2) is 0 Å². The minimum atomic E-state index is 0. The third-order valence-corrected chi connectivity index (χ3v) is 4.69. The van der Waals surface area contributed by atoms with E-state index >= 15 is 0 Å². The van der Waals surface area contributed by atoms with Gasteiger partial charge in [0.15, 0.2) is 5.96 Å². The minimum Gasteiger partial charge on any atom is -0.370 e. The SMILES string of the molecule is Cc1ccc(NC(N)=NCCN2CCc3ccccc3C2)cc1C.I. The highest BCUT2D eigenvalue weighted by atomic mass is 127. The van der Waals surface area contributed by atoms with Crippen LogP contribution >= 0.6 is 24.0 Å². The summed E-state index contributed by atoms with van der Waals surface area (Å²) in [6.45, 7) is 7.96. The number of nitrogens with one attached hydrogen (secondary N) is 1. The average Bonchev–Trinajstić information content (AvgIpc) is 2.58. The van der Waals surface area contributed by atoms with Crippen molar-refractivity contribution in [3.05, 3.63) is 64.7 Å². The molecule has 0 bridgehead atoms. The second-order valence-corrected chi connectivity index (χ2v) is 6.49. The zero-order chi connectivity index (χ0) is 16.9. The lowest BCUT2D eigenvalue weighted by molar-refractivity contribution is 0.262. The molecule has 0 unspecified atom stereocenters. The van der Waals surface area contributed by atoms with Gasteiger partial charge in [-0.3, -0.25) is 9.89 Å². The van der Waals surface area contributed by atoms with Crippen LogP contribution in [-0.4, -0.2) is 30.5 Å². The molecule has 1 heterocycles. The van der Waals surface area contributed by atoms with Crippen LogP contribution in [0.2, 0.25) is 0 Å². The normalized spacial score (nSPS) is 14.6. The van der Waals surface area contributed by atoms with Crippen LogP contribution < -0.4 is 11.1 Å². The zero-order valence-electron chi connectivity index (χ0n) is 15.0. The van der Waals surface area contributed by atoms with Crippen LogP contribution in [0.4, 0.5) is 5.69 Å². The summed E-state index contributed by atoms with van der Waals surface area (Å²) in [4.78, 5) is 6.90. The van der Waals surface area contributed by atoms with Crippen LogP contribution in [-0.2, 0) is 13.0 Å². The summed E-state index contributed by atoms with van der Waals surface area (Å²) in [6, 6.07) is 14.9. The molecule has 0 radical (unpaired) electrons. The molecule has 3 N–H and O–H groups in total. The first-order chi connectivity index (χ1) is 11.6. The van der Waals surface area contributed by atoms with Crippen LogP contribution in [0, 0.1) is 13.8 Å². The molecule has 0 spiro atoms. The monoisotopic (exact) mass is 450 g/mol. The number of hydrogen-bond acceptors (Lipinski definition) is 2. The molecule has 0 aliphatic carbocycles. The van der Waals surface area contributed by atoms with E-state index < -0.39 is 0 Å². The summed E-state index contributed by atoms with van der Waals surface area (Å²) in [7, 11) is 0. The van der Waals surface area contributed by atoms with Crippen molar-refractivity contribution in [2.24, 2.45) is 10.7 Å². The van der Waals surface area contributed by atoms with Crippen LogP contribution in [0.15, 0.2) is 47.5 Å². The number of anilines is 1. The zero-order valence-corrected chi connectivity index (χ0v) is 17.3. The Labute approximate surface area is 167 Å². The van der Waals surface area contributed by atoms with Gasteiger partial charge in [0.25, 0.3) is 0 Å². The second-order valence-electron chi connectivity index (χ2n) is 6.49. The highest BCUT2D eigenvalue weighted by Gasteiger charge is 2.14. The maximum atomic E-state index is 6.01. The lowest BCUT2D eigenvalue weighted by Gasteiger charge is -2.28. The predicted molar refractivity (Wildman–Crippen MR) is 117 cm³/mol. The van der Waals surface area contributed by atoms with Crippen LogP contribution in [0.5, 0.6) is 0 Å². The molecule has 2 aromatic rings. The van der Waals surface area contributed by atoms with Crippen molar-refractivity contribution in [1.82, 2.24) is 4.90 Å². The molecule has 0 atom stereocenters. The highest BCUT2D eigenvalue weighted by molar-refractivity contribution is 14.0. The van der Waals surface area contributed by atoms with Crippen molar-refractivity contribution < 1.29 is 0 Å². The molecule has 0 aromatic heterocycles. The van der Waals surface area contributed by atoms with Gasteiger partial charge < -0.3 is 11.1 Å². The Balaban J connectivity index is 0.00000225. The van der Waals surface area contributed by atoms with Crippen molar-refractivity contribution in [3.8, 4) is 0 Å². The molecule has 134 valence electrons. The molecule has 0 saturated carbocycles. The Morgan fingerprint density at radius 3 is 2.64 bits per heavy atom. The number of fused-ring (bicyclic) bond motifs is 1. The van der Waals surface area contributed by atoms with Crippen LogP contribution in [0.3, 0.4) is 0 Å². The Morgan fingerprint density at radius 2 is 1.88 bits per heavy atom. The number of nitrogens with two attached hydrogens (primary N) is 1. The first-order valence-electron chi connectivity index (χ1n) is 8.55. The molecule has 25 heavy (non-hydrogen) atoms. The summed E-state index contributed by atoms with van der Waals surface area (Å²) in [6.07, 6.45) is 1.12. The third-order valence-electron chi connectivity index (χ3n) is 4.69. The molecule has 3 rings (SSSR count). The number of guanidine groups is 1.